The largest absolute Gasteiger partial charge is 0.463 e. The molecule has 2 rings (SSSR count). The number of halogens is 1. The Morgan fingerprint density at radius 2 is 1.34 bits per heavy atom. The summed E-state index contributed by atoms with van der Waals surface area (Å²) in [5.74, 6) is -2.28. The molecule has 1 fully saturated rings. The molecule has 0 spiro atoms. The van der Waals surface area contributed by atoms with Crippen LogP contribution in [0.3, 0.4) is 0 Å². The van der Waals surface area contributed by atoms with E-state index in [1.165, 1.54) is 13.8 Å². The summed E-state index contributed by atoms with van der Waals surface area (Å²) in [5, 5.41) is 0. The van der Waals surface area contributed by atoms with Crippen molar-refractivity contribution in [3.8, 4) is 5.75 Å². The van der Waals surface area contributed by atoms with Crippen LogP contribution in [-0.4, -0.2) is 61.2 Å². The minimum absolute atomic E-state index is 0.314. The van der Waals surface area contributed by atoms with E-state index in [0.29, 0.717) is 5.75 Å². The lowest BCUT2D eigenvalue weighted by Crippen LogP contribution is -2.63. The maximum Gasteiger partial charge on any atom is 0.303 e. The van der Waals surface area contributed by atoms with Gasteiger partial charge < -0.3 is 28.4 Å². The molecule has 32 heavy (non-hydrogen) atoms. The molecule has 1 saturated heterocycles. The highest BCUT2D eigenvalue weighted by Crippen LogP contribution is 2.31. The molecule has 0 N–H and O–H groups in total. The van der Waals surface area contributed by atoms with Crippen molar-refractivity contribution in [2.75, 3.05) is 6.61 Å². The average molecular weight is 564 g/mol. The Morgan fingerprint density at radius 1 is 0.812 bits per heavy atom. The number of carbonyl (C=O) groups excluding carboxylic acids is 4. The Morgan fingerprint density at radius 3 is 1.84 bits per heavy atom. The zero-order valence-corrected chi connectivity index (χ0v) is 20.2. The lowest BCUT2D eigenvalue weighted by Gasteiger charge is -2.43. The van der Waals surface area contributed by atoms with Crippen LogP contribution >= 0.6 is 22.6 Å². The zero-order chi connectivity index (χ0) is 23.8. The SMILES string of the molecule is CC(=O)OCC1OC(Oc2ccc(CI)cc2)[C@@H](OC(C)=O)[C@@H](OC(C)=O)[C@H]1OC(C)=O. The molecule has 1 aromatic carbocycles. The summed E-state index contributed by atoms with van der Waals surface area (Å²) < 4.78 is 33.6. The van der Waals surface area contributed by atoms with Crippen molar-refractivity contribution in [3.63, 3.8) is 0 Å². The van der Waals surface area contributed by atoms with Gasteiger partial charge in [0.2, 0.25) is 12.4 Å². The van der Waals surface area contributed by atoms with Crippen molar-refractivity contribution in [1.82, 2.24) is 0 Å². The molecule has 10 nitrogen and oxygen atoms in total. The number of carbonyl (C=O) groups is 4. The van der Waals surface area contributed by atoms with Gasteiger partial charge in [0, 0.05) is 32.1 Å². The summed E-state index contributed by atoms with van der Waals surface area (Å²) in [6, 6.07) is 7.13. The topological polar surface area (TPSA) is 124 Å². The van der Waals surface area contributed by atoms with Crippen molar-refractivity contribution < 1.29 is 47.6 Å². The van der Waals surface area contributed by atoms with Crippen LogP contribution in [0.25, 0.3) is 0 Å². The highest BCUT2D eigenvalue weighted by atomic mass is 127. The predicted molar refractivity (Wildman–Crippen MR) is 117 cm³/mol. The Hall–Kier alpha value is -2.41. The molecule has 0 aliphatic carbocycles. The van der Waals surface area contributed by atoms with E-state index in [9.17, 15) is 19.2 Å². The van der Waals surface area contributed by atoms with Gasteiger partial charge in [-0.15, -0.1) is 0 Å². The molecule has 176 valence electrons. The average Bonchev–Trinajstić information content (AvgIpc) is 2.70. The maximum atomic E-state index is 11.8. The Bertz CT molecular complexity index is 824. The number of benzene rings is 1. The lowest BCUT2D eigenvalue weighted by molar-refractivity contribution is -0.288. The quantitative estimate of drug-likeness (QED) is 0.201. The number of rotatable bonds is 8. The number of esters is 4. The lowest BCUT2D eigenvalue weighted by atomic mass is 9.98. The van der Waals surface area contributed by atoms with E-state index in [4.69, 9.17) is 28.4 Å². The molecular formula is C21H25IO10. The smallest absolute Gasteiger partial charge is 0.303 e. The summed E-state index contributed by atoms with van der Waals surface area (Å²) in [5.41, 5.74) is 1.07. The molecule has 5 atom stereocenters. The highest BCUT2D eigenvalue weighted by molar-refractivity contribution is 14.1. The van der Waals surface area contributed by atoms with Gasteiger partial charge in [-0.3, -0.25) is 19.2 Å². The standard InChI is InChI=1S/C21H25IO10/c1-11(23)27-10-17-18(28-12(2)24)19(29-13(3)25)20(30-14(4)26)21(32-17)31-16-7-5-15(9-22)6-8-16/h5-8,17-21H,9-10H2,1-4H3/t17?,18-,19-,20-,21?/m0/s1. The van der Waals surface area contributed by atoms with Crippen LogP contribution in [0.2, 0.25) is 0 Å². The first-order valence-electron chi connectivity index (χ1n) is 9.72. The van der Waals surface area contributed by atoms with Gasteiger partial charge in [-0.2, -0.15) is 0 Å². The summed E-state index contributed by atoms with van der Waals surface area (Å²) in [4.78, 5) is 46.7. The molecule has 1 heterocycles. The Kier molecular flexibility index (Phi) is 9.69. The predicted octanol–water partition coefficient (Wildman–Crippen LogP) is 2.08. The van der Waals surface area contributed by atoms with Crippen molar-refractivity contribution in [2.24, 2.45) is 0 Å². The third-order valence-corrected chi connectivity index (χ3v) is 5.16. The monoisotopic (exact) mass is 564 g/mol. The van der Waals surface area contributed by atoms with Gasteiger partial charge in [0.1, 0.15) is 18.5 Å². The molecule has 0 aromatic heterocycles. The van der Waals surface area contributed by atoms with Gasteiger partial charge in [0.05, 0.1) is 0 Å². The number of hydrogen-bond donors (Lipinski definition) is 0. The van der Waals surface area contributed by atoms with E-state index < -0.39 is 54.6 Å². The molecular weight excluding hydrogens is 539 g/mol. The van der Waals surface area contributed by atoms with E-state index in [-0.39, 0.29) is 6.61 Å². The van der Waals surface area contributed by atoms with Crippen molar-refractivity contribution in [3.05, 3.63) is 29.8 Å². The third-order valence-electron chi connectivity index (χ3n) is 4.28. The van der Waals surface area contributed by atoms with Crippen LogP contribution in [0.5, 0.6) is 5.75 Å². The molecule has 0 amide bonds. The fourth-order valence-electron chi connectivity index (χ4n) is 3.07. The number of hydrogen-bond acceptors (Lipinski definition) is 10. The third kappa shape index (κ3) is 7.62. The molecule has 1 aliphatic heterocycles. The summed E-state index contributed by atoms with van der Waals surface area (Å²) in [6.45, 7) is 4.38. The molecule has 1 aromatic rings. The first kappa shape index (κ1) is 25.8. The Balaban J connectivity index is 2.42. The molecule has 0 bridgehead atoms. The molecule has 11 heteroatoms. The van der Waals surface area contributed by atoms with E-state index in [1.54, 1.807) is 12.1 Å². The fraction of sp³-hybridized carbons (Fsp3) is 0.524. The number of ether oxygens (including phenoxy) is 6. The highest BCUT2D eigenvalue weighted by Gasteiger charge is 2.53. The minimum Gasteiger partial charge on any atom is -0.463 e. The van der Waals surface area contributed by atoms with Crippen molar-refractivity contribution in [2.45, 2.75) is 62.8 Å². The van der Waals surface area contributed by atoms with E-state index >= 15 is 0 Å². The molecule has 0 saturated carbocycles. The van der Waals surface area contributed by atoms with Crippen LogP contribution in [-0.2, 0) is 47.3 Å². The second kappa shape index (κ2) is 12.0. The zero-order valence-electron chi connectivity index (χ0n) is 18.1. The fourth-order valence-corrected chi connectivity index (χ4v) is 3.58. The van der Waals surface area contributed by atoms with Gasteiger partial charge in [-0.25, -0.2) is 0 Å². The van der Waals surface area contributed by atoms with Gasteiger partial charge in [0.25, 0.3) is 0 Å². The van der Waals surface area contributed by atoms with E-state index in [2.05, 4.69) is 22.6 Å². The first-order chi connectivity index (χ1) is 15.1. The van der Waals surface area contributed by atoms with Crippen LogP contribution in [0.4, 0.5) is 0 Å². The van der Waals surface area contributed by atoms with Gasteiger partial charge in [-0.1, -0.05) is 34.7 Å². The van der Waals surface area contributed by atoms with Gasteiger partial charge >= 0.3 is 23.9 Å². The normalized spacial score (nSPS) is 24.7. The van der Waals surface area contributed by atoms with Gasteiger partial charge in [-0.05, 0) is 17.7 Å². The number of alkyl halides is 1. The summed E-state index contributed by atoms with van der Waals surface area (Å²) in [7, 11) is 0. The van der Waals surface area contributed by atoms with Crippen molar-refractivity contribution >= 4 is 46.5 Å². The molecule has 0 radical (unpaired) electrons. The van der Waals surface area contributed by atoms with Crippen molar-refractivity contribution in [1.29, 1.82) is 0 Å². The van der Waals surface area contributed by atoms with Crippen LogP contribution in [0, 0.1) is 0 Å². The van der Waals surface area contributed by atoms with Crippen LogP contribution in [0.15, 0.2) is 24.3 Å². The maximum absolute atomic E-state index is 11.8. The second-order valence-corrected chi connectivity index (χ2v) is 7.73. The molecule has 1 aliphatic rings. The second-order valence-electron chi connectivity index (χ2n) is 6.96. The van der Waals surface area contributed by atoms with Gasteiger partial charge in [0.15, 0.2) is 12.2 Å². The summed E-state index contributed by atoms with van der Waals surface area (Å²) in [6.07, 6.45) is -6.06. The van der Waals surface area contributed by atoms with Crippen LogP contribution < -0.4 is 4.74 Å². The minimum atomic E-state index is -1.27. The van der Waals surface area contributed by atoms with E-state index in [0.717, 1.165) is 23.8 Å². The van der Waals surface area contributed by atoms with E-state index in [1.807, 2.05) is 12.1 Å². The molecule has 2 unspecified atom stereocenters. The summed E-state index contributed by atoms with van der Waals surface area (Å²) >= 11 is 2.22. The Labute approximate surface area is 198 Å². The first-order valence-corrected chi connectivity index (χ1v) is 11.2. The van der Waals surface area contributed by atoms with Crippen LogP contribution in [0.1, 0.15) is 33.3 Å².